The van der Waals surface area contributed by atoms with Crippen molar-refractivity contribution in [3.63, 3.8) is 0 Å². The van der Waals surface area contributed by atoms with Crippen LogP contribution < -0.4 is 0 Å². The van der Waals surface area contributed by atoms with E-state index in [-0.39, 0.29) is 6.17 Å². The molecular formula is C24H20ClN3O. The highest BCUT2D eigenvalue weighted by molar-refractivity contribution is 6.67. The highest BCUT2D eigenvalue weighted by Crippen LogP contribution is 2.25. The molecule has 29 heavy (non-hydrogen) atoms. The molecule has 0 radical (unpaired) electrons. The van der Waals surface area contributed by atoms with Gasteiger partial charge in [-0.05, 0) is 18.6 Å². The van der Waals surface area contributed by atoms with Gasteiger partial charge in [0.25, 0.3) is 0 Å². The highest BCUT2D eigenvalue weighted by atomic mass is 35.5. The predicted molar refractivity (Wildman–Crippen MR) is 119 cm³/mol. The van der Waals surface area contributed by atoms with Crippen molar-refractivity contribution >= 4 is 29.2 Å². The number of oxime groups is 1. The predicted octanol–water partition coefficient (Wildman–Crippen LogP) is 5.79. The number of hydrogen-bond acceptors (Lipinski definition) is 4. The van der Waals surface area contributed by atoms with E-state index in [0.29, 0.717) is 17.3 Å². The van der Waals surface area contributed by atoms with E-state index >= 15 is 0 Å². The summed E-state index contributed by atoms with van der Waals surface area (Å²) in [5.41, 5.74) is 5.63. The van der Waals surface area contributed by atoms with Crippen LogP contribution in [0.2, 0.25) is 5.02 Å². The summed E-state index contributed by atoms with van der Waals surface area (Å²) in [5.74, 6) is 0. The van der Waals surface area contributed by atoms with Crippen LogP contribution >= 0.6 is 11.6 Å². The standard InChI is InChI=1S/C24H20ClN3O/c1-17-11-13-18(14-12-17)23-22(27-24(28-23)19-7-3-2-4-8-19)15-26-29-16-20-9-5-6-10-21(20)25/h2-15,24H,16H2,1H3/b26-15+. The van der Waals surface area contributed by atoms with Crippen LogP contribution in [0.15, 0.2) is 94.0 Å². The third-order valence-electron chi connectivity index (χ3n) is 4.61. The van der Waals surface area contributed by atoms with Crippen molar-refractivity contribution in [2.24, 2.45) is 15.1 Å². The van der Waals surface area contributed by atoms with Gasteiger partial charge in [-0.15, -0.1) is 0 Å². The molecule has 3 aromatic rings. The molecule has 0 fully saturated rings. The minimum Gasteiger partial charge on any atom is -0.391 e. The van der Waals surface area contributed by atoms with Crippen LogP contribution in [0.4, 0.5) is 0 Å². The second kappa shape index (κ2) is 8.84. The fourth-order valence-electron chi connectivity index (χ4n) is 3.02. The first-order valence-electron chi connectivity index (χ1n) is 9.37. The monoisotopic (exact) mass is 401 g/mol. The van der Waals surface area contributed by atoms with Gasteiger partial charge in [-0.2, -0.15) is 0 Å². The average molecular weight is 402 g/mol. The van der Waals surface area contributed by atoms with Gasteiger partial charge in [0.15, 0.2) is 6.17 Å². The fourth-order valence-corrected chi connectivity index (χ4v) is 3.21. The SMILES string of the molecule is Cc1ccc(C2=NC(c3ccccc3)N=C2/C=N/OCc2ccccc2Cl)cc1. The summed E-state index contributed by atoms with van der Waals surface area (Å²) >= 11 is 6.16. The van der Waals surface area contributed by atoms with E-state index in [1.165, 1.54) is 5.56 Å². The molecule has 4 nitrogen and oxygen atoms in total. The van der Waals surface area contributed by atoms with Crippen molar-refractivity contribution in [2.45, 2.75) is 19.7 Å². The Balaban J connectivity index is 1.56. The van der Waals surface area contributed by atoms with Gasteiger partial charge >= 0.3 is 0 Å². The molecule has 5 heteroatoms. The molecule has 0 amide bonds. The maximum absolute atomic E-state index is 6.16. The Hall–Kier alpha value is -3.24. The summed E-state index contributed by atoms with van der Waals surface area (Å²) in [5, 5.41) is 4.78. The van der Waals surface area contributed by atoms with E-state index < -0.39 is 0 Å². The van der Waals surface area contributed by atoms with Gasteiger partial charge < -0.3 is 4.84 Å². The fraction of sp³-hybridized carbons (Fsp3) is 0.125. The smallest absolute Gasteiger partial charge is 0.166 e. The van der Waals surface area contributed by atoms with Gasteiger partial charge in [0.1, 0.15) is 12.3 Å². The molecule has 0 saturated heterocycles. The van der Waals surface area contributed by atoms with Crippen LogP contribution in [0.3, 0.4) is 0 Å². The second-order valence-corrected chi connectivity index (χ2v) is 7.15. The van der Waals surface area contributed by atoms with Crippen LogP contribution in [-0.4, -0.2) is 17.6 Å². The molecule has 1 unspecified atom stereocenters. The summed E-state index contributed by atoms with van der Waals surface area (Å²) in [4.78, 5) is 15.0. The molecule has 0 saturated carbocycles. The van der Waals surface area contributed by atoms with Crippen molar-refractivity contribution in [3.05, 3.63) is 106 Å². The Morgan fingerprint density at radius 2 is 1.66 bits per heavy atom. The van der Waals surface area contributed by atoms with E-state index in [1.54, 1.807) is 6.21 Å². The van der Waals surface area contributed by atoms with E-state index in [4.69, 9.17) is 26.4 Å². The summed E-state index contributed by atoms with van der Waals surface area (Å²) in [6, 6.07) is 25.8. The maximum atomic E-state index is 6.16. The summed E-state index contributed by atoms with van der Waals surface area (Å²) in [6.07, 6.45) is 1.34. The van der Waals surface area contributed by atoms with Gasteiger partial charge in [0, 0.05) is 16.1 Å². The minimum absolute atomic E-state index is 0.280. The normalized spacial score (nSPS) is 16.0. The van der Waals surface area contributed by atoms with E-state index in [9.17, 15) is 0 Å². The third kappa shape index (κ3) is 4.61. The molecule has 1 aliphatic rings. The van der Waals surface area contributed by atoms with Gasteiger partial charge in [0.2, 0.25) is 0 Å². The number of aliphatic imine (C=N–C) groups is 2. The molecule has 3 aromatic carbocycles. The maximum Gasteiger partial charge on any atom is 0.166 e. The molecule has 0 N–H and O–H groups in total. The number of aryl methyl sites for hydroxylation is 1. The first-order valence-corrected chi connectivity index (χ1v) is 9.75. The summed E-state index contributed by atoms with van der Waals surface area (Å²) < 4.78 is 0. The van der Waals surface area contributed by atoms with Crippen LogP contribution in [0.5, 0.6) is 0 Å². The zero-order valence-electron chi connectivity index (χ0n) is 16.0. The molecule has 0 spiro atoms. The van der Waals surface area contributed by atoms with Crippen molar-refractivity contribution < 1.29 is 4.84 Å². The zero-order valence-corrected chi connectivity index (χ0v) is 16.8. The lowest BCUT2D eigenvalue weighted by Crippen LogP contribution is -2.14. The Morgan fingerprint density at radius 1 is 0.931 bits per heavy atom. The summed E-state index contributed by atoms with van der Waals surface area (Å²) in [6.45, 7) is 2.36. The van der Waals surface area contributed by atoms with Crippen LogP contribution in [0, 0.1) is 6.92 Å². The lowest BCUT2D eigenvalue weighted by Gasteiger charge is -2.04. The molecule has 0 bridgehead atoms. The molecule has 1 atom stereocenters. The Bertz CT molecular complexity index is 1070. The van der Waals surface area contributed by atoms with Gasteiger partial charge in [-0.1, -0.05) is 95.1 Å². The van der Waals surface area contributed by atoms with Crippen molar-refractivity contribution in [1.82, 2.24) is 0 Å². The molecule has 0 aromatic heterocycles. The zero-order chi connectivity index (χ0) is 20.1. The molecule has 1 aliphatic heterocycles. The largest absolute Gasteiger partial charge is 0.391 e. The first kappa shape index (κ1) is 19.1. The minimum atomic E-state index is -0.280. The lowest BCUT2D eigenvalue weighted by molar-refractivity contribution is 0.132. The third-order valence-corrected chi connectivity index (χ3v) is 4.97. The summed E-state index contributed by atoms with van der Waals surface area (Å²) in [7, 11) is 0. The average Bonchev–Trinajstić information content (AvgIpc) is 3.18. The number of halogens is 1. The second-order valence-electron chi connectivity index (χ2n) is 6.74. The topological polar surface area (TPSA) is 46.3 Å². The van der Waals surface area contributed by atoms with E-state index in [2.05, 4.69) is 36.3 Å². The van der Waals surface area contributed by atoms with E-state index in [0.717, 1.165) is 22.4 Å². The Labute approximate surface area is 175 Å². The molecule has 0 aliphatic carbocycles. The van der Waals surface area contributed by atoms with Crippen molar-refractivity contribution in [2.75, 3.05) is 0 Å². The number of rotatable bonds is 6. The van der Waals surface area contributed by atoms with Gasteiger partial charge in [-0.3, -0.25) is 4.99 Å². The lowest BCUT2D eigenvalue weighted by atomic mass is 10.1. The van der Waals surface area contributed by atoms with Crippen LogP contribution in [0.25, 0.3) is 0 Å². The molecule has 1 heterocycles. The Morgan fingerprint density at radius 3 is 2.41 bits per heavy atom. The first-order chi connectivity index (χ1) is 14.2. The number of hydrogen-bond donors (Lipinski definition) is 0. The molecular weight excluding hydrogens is 382 g/mol. The van der Waals surface area contributed by atoms with Crippen LogP contribution in [0.1, 0.15) is 28.4 Å². The van der Waals surface area contributed by atoms with Crippen LogP contribution in [-0.2, 0) is 11.4 Å². The highest BCUT2D eigenvalue weighted by Gasteiger charge is 2.22. The van der Waals surface area contributed by atoms with Gasteiger partial charge in [-0.25, -0.2) is 4.99 Å². The van der Waals surface area contributed by atoms with Crippen molar-refractivity contribution in [1.29, 1.82) is 0 Å². The number of nitrogens with zero attached hydrogens (tertiary/aromatic N) is 3. The Kier molecular flexibility index (Phi) is 5.82. The molecule has 144 valence electrons. The molecule has 4 rings (SSSR count). The van der Waals surface area contributed by atoms with E-state index in [1.807, 2.05) is 54.6 Å². The van der Waals surface area contributed by atoms with Gasteiger partial charge in [0.05, 0.1) is 11.9 Å². The van der Waals surface area contributed by atoms with Crippen molar-refractivity contribution in [3.8, 4) is 0 Å². The quantitative estimate of drug-likeness (QED) is 0.380. The number of benzene rings is 3.